The molecule has 2 heterocycles. The molecule has 0 spiro atoms. The van der Waals surface area contributed by atoms with E-state index >= 15 is 0 Å². The van der Waals surface area contributed by atoms with Gasteiger partial charge in [0.2, 0.25) is 0 Å². The van der Waals surface area contributed by atoms with Gasteiger partial charge in [0.1, 0.15) is 6.10 Å². The smallest absolute Gasteiger partial charge is 0.253 e. The van der Waals surface area contributed by atoms with Crippen LogP contribution in [0.1, 0.15) is 26.2 Å². The van der Waals surface area contributed by atoms with Gasteiger partial charge >= 0.3 is 0 Å². The Labute approximate surface area is 109 Å². The first-order chi connectivity index (χ1) is 8.58. The highest BCUT2D eigenvalue weighted by Crippen LogP contribution is 2.23. The summed E-state index contributed by atoms with van der Waals surface area (Å²) in [6, 6.07) is 0.188. The van der Waals surface area contributed by atoms with Crippen molar-refractivity contribution in [3.05, 3.63) is 0 Å². The molecule has 5 nitrogen and oxygen atoms in total. The molecule has 104 valence electrons. The molecular weight excluding hydrogens is 232 g/mol. The highest BCUT2D eigenvalue weighted by molar-refractivity contribution is 5.82. The van der Waals surface area contributed by atoms with E-state index in [1.807, 2.05) is 11.9 Å². The number of amides is 1. The fourth-order valence-corrected chi connectivity index (χ4v) is 2.88. The lowest BCUT2D eigenvalue weighted by Gasteiger charge is -2.34. The van der Waals surface area contributed by atoms with Crippen molar-refractivity contribution < 1.29 is 14.6 Å². The largest absolute Gasteiger partial charge is 0.393 e. The SMILES string of the molecule is CC(O)CC1CCCN1C(=O)C1CN(C)CCO1. The summed E-state index contributed by atoms with van der Waals surface area (Å²) in [5.74, 6) is 0.102. The Balaban J connectivity index is 1.94. The van der Waals surface area contributed by atoms with Gasteiger partial charge in [0.25, 0.3) is 5.91 Å². The van der Waals surface area contributed by atoms with Crippen LogP contribution in [0.25, 0.3) is 0 Å². The maximum absolute atomic E-state index is 12.4. The van der Waals surface area contributed by atoms with Crippen molar-refractivity contribution in [2.24, 2.45) is 0 Å². The number of hydrogen-bond donors (Lipinski definition) is 1. The van der Waals surface area contributed by atoms with E-state index in [0.717, 1.165) is 25.9 Å². The van der Waals surface area contributed by atoms with Crippen molar-refractivity contribution in [1.29, 1.82) is 0 Å². The van der Waals surface area contributed by atoms with Crippen LogP contribution in [0.5, 0.6) is 0 Å². The van der Waals surface area contributed by atoms with E-state index in [1.54, 1.807) is 6.92 Å². The maximum Gasteiger partial charge on any atom is 0.253 e. The fraction of sp³-hybridized carbons (Fsp3) is 0.923. The predicted octanol–water partition coefficient (Wildman–Crippen LogP) is 0.0789. The molecule has 0 bridgehead atoms. The second-order valence-corrected chi connectivity index (χ2v) is 5.53. The molecule has 2 rings (SSSR count). The van der Waals surface area contributed by atoms with Gasteiger partial charge in [-0.25, -0.2) is 0 Å². The van der Waals surface area contributed by atoms with Crippen molar-refractivity contribution in [2.75, 3.05) is 33.3 Å². The third kappa shape index (κ3) is 3.22. The topological polar surface area (TPSA) is 53.0 Å². The molecular formula is C13H24N2O3. The predicted molar refractivity (Wildman–Crippen MR) is 68.3 cm³/mol. The van der Waals surface area contributed by atoms with Crippen LogP contribution in [-0.2, 0) is 9.53 Å². The van der Waals surface area contributed by atoms with E-state index in [0.29, 0.717) is 19.6 Å². The molecule has 0 aliphatic carbocycles. The van der Waals surface area contributed by atoms with E-state index in [-0.39, 0.29) is 24.2 Å². The number of rotatable bonds is 3. The van der Waals surface area contributed by atoms with Crippen LogP contribution in [-0.4, -0.2) is 72.4 Å². The zero-order valence-electron chi connectivity index (χ0n) is 11.3. The zero-order valence-corrected chi connectivity index (χ0v) is 11.3. The van der Waals surface area contributed by atoms with Crippen LogP contribution in [0.15, 0.2) is 0 Å². The van der Waals surface area contributed by atoms with Crippen LogP contribution in [0.4, 0.5) is 0 Å². The average Bonchev–Trinajstić information content (AvgIpc) is 2.75. The maximum atomic E-state index is 12.4. The molecule has 2 saturated heterocycles. The molecule has 2 aliphatic rings. The fourth-order valence-electron chi connectivity index (χ4n) is 2.88. The van der Waals surface area contributed by atoms with Gasteiger partial charge in [-0.3, -0.25) is 4.79 Å². The van der Waals surface area contributed by atoms with Gasteiger partial charge in [-0.1, -0.05) is 0 Å². The molecule has 3 unspecified atom stereocenters. The van der Waals surface area contributed by atoms with Gasteiger partial charge in [0.05, 0.1) is 12.7 Å². The molecule has 0 aromatic heterocycles. The molecule has 2 aliphatic heterocycles. The molecule has 3 atom stereocenters. The van der Waals surface area contributed by atoms with Crippen molar-refractivity contribution in [1.82, 2.24) is 9.80 Å². The number of likely N-dealkylation sites (N-methyl/N-ethyl adjacent to an activating group) is 1. The highest BCUT2D eigenvalue weighted by Gasteiger charge is 2.35. The van der Waals surface area contributed by atoms with Crippen LogP contribution < -0.4 is 0 Å². The first-order valence-corrected chi connectivity index (χ1v) is 6.86. The standard InChI is InChI=1S/C13H24N2O3/c1-10(16)8-11-4-3-5-15(11)13(17)12-9-14(2)6-7-18-12/h10-12,16H,3-9H2,1-2H3. The second-order valence-electron chi connectivity index (χ2n) is 5.53. The van der Waals surface area contributed by atoms with E-state index in [9.17, 15) is 9.90 Å². The summed E-state index contributed by atoms with van der Waals surface area (Å²) in [4.78, 5) is 16.5. The van der Waals surface area contributed by atoms with Gasteiger partial charge in [-0.05, 0) is 33.2 Å². The van der Waals surface area contributed by atoms with Crippen molar-refractivity contribution in [2.45, 2.75) is 44.4 Å². The summed E-state index contributed by atoms with van der Waals surface area (Å²) in [6.45, 7) is 4.78. The van der Waals surface area contributed by atoms with E-state index < -0.39 is 0 Å². The number of carbonyl (C=O) groups is 1. The lowest BCUT2D eigenvalue weighted by Crippen LogP contribution is -2.51. The Morgan fingerprint density at radius 2 is 2.28 bits per heavy atom. The molecule has 5 heteroatoms. The third-order valence-corrected chi connectivity index (χ3v) is 3.82. The number of likely N-dealkylation sites (tertiary alicyclic amines) is 1. The molecule has 0 aromatic rings. The third-order valence-electron chi connectivity index (χ3n) is 3.82. The molecule has 0 radical (unpaired) electrons. The van der Waals surface area contributed by atoms with Crippen molar-refractivity contribution in [3.63, 3.8) is 0 Å². The molecule has 2 fully saturated rings. The summed E-state index contributed by atoms with van der Waals surface area (Å²) in [5.41, 5.74) is 0. The number of morpholine rings is 1. The van der Waals surface area contributed by atoms with Crippen LogP contribution >= 0.6 is 0 Å². The summed E-state index contributed by atoms with van der Waals surface area (Å²) in [5, 5.41) is 9.49. The summed E-state index contributed by atoms with van der Waals surface area (Å²) < 4.78 is 5.58. The number of nitrogens with zero attached hydrogens (tertiary/aromatic N) is 2. The number of aliphatic hydroxyl groups excluding tert-OH is 1. The van der Waals surface area contributed by atoms with E-state index in [4.69, 9.17) is 4.74 Å². The van der Waals surface area contributed by atoms with E-state index in [2.05, 4.69) is 4.90 Å². The lowest BCUT2D eigenvalue weighted by atomic mass is 10.1. The van der Waals surface area contributed by atoms with Gasteiger partial charge in [-0.2, -0.15) is 0 Å². The Bertz CT molecular complexity index is 296. The van der Waals surface area contributed by atoms with Crippen LogP contribution in [0, 0.1) is 0 Å². The minimum Gasteiger partial charge on any atom is -0.393 e. The molecule has 1 amide bonds. The van der Waals surface area contributed by atoms with Gasteiger partial charge in [0.15, 0.2) is 0 Å². The van der Waals surface area contributed by atoms with Crippen molar-refractivity contribution in [3.8, 4) is 0 Å². The number of hydrogen-bond acceptors (Lipinski definition) is 4. The molecule has 18 heavy (non-hydrogen) atoms. The Morgan fingerprint density at radius 1 is 1.50 bits per heavy atom. The molecule has 0 saturated carbocycles. The van der Waals surface area contributed by atoms with E-state index in [1.165, 1.54) is 0 Å². The number of aliphatic hydroxyl groups is 1. The van der Waals surface area contributed by atoms with Gasteiger partial charge in [0, 0.05) is 25.7 Å². The Hall–Kier alpha value is -0.650. The lowest BCUT2D eigenvalue weighted by molar-refractivity contribution is -0.150. The monoisotopic (exact) mass is 256 g/mol. The van der Waals surface area contributed by atoms with Crippen LogP contribution in [0.2, 0.25) is 0 Å². The second kappa shape index (κ2) is 5.99. The number of ether oxygens (including phenoxy) is 1. The summed E-state index contributed by atoms with van der Waals surface area (Å²) in [6.07, 6.45) is 2.04. The van der Waals surface area contributed by atoms with Crippen molar-refractivity contribution >= 4 is 5.91 Å². The normalized spacial score (nSPS) is 31.6. The average molecular weight is 256 g/mol. The van der Waals surface area contributed by atoms with Gasteiger partial charge in [-0.15, -0.1) is 0 Å². The quantitative estimate of drug-likeness (QED) is 0.777. The first kappa shape index (κ1) is 13.8. The minimum atomic E-state index is -0.349. The Morgan fingerprint density at radius 3 is 2.94 bits per heavy atom. The first-order valence-electron chi connectivity index (χ1n) is 6.86. The molecule has 1 N–H and O–H groups in total. The molecule has 0 aromatic carbocycles. The minimum absolute atomic E-state index is 0.102. The summed E-state index contributed by atoms with van der Waals surface area (Å²) >= 11 is 0. The Kier molecular flexibility index (Phi) is 4.59. The summed E-state index contributed by atoms with van der Waals surface area (Å²) in [7, 11) is 2.01. The highest BCUT2D eigenvalue weighted by atomic mass is 16.5. The number of carbonyl (C=O) groups excluding carboxylic acids is 1. The van der Waals surface area contributed by atoms with Gasteiger partial charge < -0.3 is 19.6 Å². The zero-order chi connectivity index (χ0) is 13.1. The van der Waals surface area contributed by atoms with Crippen LogP contribution in [0.3, 0.4) is 0 Å².